The summed E-state index contributed by atoms with van der Waals surface area (Å²) in [5.74, 6) is -1.73. The van der Waals surface area contributed by atoms with Gasteiger partial charge in [-0.15, -0.1) is 0 Å². The SMILES string of the molecule is COC(=O)COC(=O)CNS(=O)(=O)c1c(Cl)cc(Br)cc1Cl. The molecule has 122 valence electrons. The van der Waals surface area contributed by atoms with Crippen LogP contribution in [0.4, 0.5) is 0 Å². The van der Waals surface area contributed by atoms with Gasteiger partial charge < -0.3 is 9.47 Å². The minimum absolute atomic E-state index is 0.116. The van der Waals surface area contributed by atoms with Crippen molar-refractivity contribution >= 4 is 61.1 Å². The summed E-state index contributed by atoms with van der Waals surface area (Å²) < 4.78 is 35.4. The van der Waals surface area contributed by atoms with Crippen LogP contribution in [0.15, 0.2) is 21.5 Å². The fourth-order valence-electron chi connectivity index (χ4n) is 1.26. The fourth-order valence-corrected chi connectivity index (χ4v) is 4.16. The first kappa shape index (κ1) is 19.2. The standard InChI is InChI=1S/C11H10BrCl2NO6S/c1-20-10(17)5-21-9(16)4-15-22(18,19)11-7(13)2-6(12)3-8(11)14/h2-3,15H,4-5H2,1H3. The lowest BCUT2D eigenvalue weighted by molar-refractivity contribution is -0.156. The van der Waals surface area contributed by atoms with Gasteiger partial charge >= 0.3 is 11.9 Å². The van der Waals surface area contributed by atoms with Crippen LogP contribution < -0.4 is 4.72 Å². The summed E-state index contributed by atoms with van der Waals surface area (Å²) in [5.41, 5.74) is 0. The van der Waals surface area contributed by atoms with Crippen LogP contribution in [0.25, 0.3) is 0 Å². The van der Waals surface area contributed by atoms with Crippen molar-refractivity contribution in [1.82, 2.24) is 4.72 Å². The molecule has 0 aliphatic carbocycles. The molecule has 1 aromatic rings. The Hall–Kier alpha value is -0.870. The highest BCUT2D eigenvalue weighted by Crippen LogP contribution is 2.32. The van der Waals surface area contributed by atoms with E-state index in [0.29, 0.717) is 4.47 Å². The van der Waals surface area contributed by atoms with Crippen molar-refractivity contribution in [3.63, 3.8) is 0 Å². The largest absolute Gasteiger partial charge is 0.466 e. The maximum Gasteiger partial charge on any atom is 0.344 e. The Morgan fingerprint density at radius 1 is 1.23 bits per heavy atom. The number of benzene rings is 1. The molecule has 22 heavy (non-hydrogen) atoms. The number of ether oxygens (including phenoxy) is 2. The zero-order valence-electron chi connectivity index (χ0n) is 11.1. The van der Waals surface area contributed by atoms with Gasteiger partial charge in [0.05, 0.1) is 17.2 Å². The summed E-state index contributed by atoms with van der Waals surface area (Å²) in [5, 5.41) is -0.232. The van der Waals surface area contributed by atoms with Crippen molar-refractivity contribution < 1.29 is 27.5 Å². The Kier molecular flexibility index (Phi) is 7.07. The zero-order chi connectivity index (χ0) is 16.9. The molecule has 0 heterocycles. The summed E-state index contributed by atoms with van der Waals surface area (Å²) in [7, 11) is -3.01. The third-order valence-corrected chi connectivity index (χ3v) is 5.00. The molecule has 0 radical (unpaired) electrons. The molecule has 7 nitrogen and oxygen atoms in total. The van der Waals surface area contributed by atoms with Crippen molar-refractivity contribution in [2.75, 3.05) is 20.3 Å². The first-order valence-electron chi connectivity index (χ1n) is 5.54. The predicted molar refractivity (Wildman–Crippen MR) is 82.3 cm³/mol. The van der Waals surface area contributed by atoms with E-state index >= 15 is 0 Å². The minimum Gasteiger partial charge on any atom is -0.466 e. The predicted octanol–water partition coefficient (Wildman–Crippen LogP) is 1.75. The van der Waals surface area contributed by atoms with Crippen LogP contribution >= 0.6 is 39.1 Å². The van der Waals surface area contributed by atoms with Gasteiger partial charge in [-0.25, -0.2) is 13.2 Å². The molecule has 0 aromatic heterocycles. The van der Waals surface area contributed by atoms with Crippen molar-refractivity contribution in [3.8, 4) is 0 Å². The van der Waals surface area contributed by atoms with E-state index in [1.165, 1.54) is 12.1 Å². The maximum atomic E-state index is 12.1. The monoisotopic (exact) mass is 433 g/mol. The topological polar surface area (TPSA) is 98.8 Å². The van der Waals surface area contributed by atoms with Crippen molar-refractivity contribution in [2.45, 2.75) is 4.90 Å². The highest BCUT2D eigenvalue weighted by atomic mass is 79.9. The van der Waals surface area contributed by atoms with Gasteiger partial charge in [-0.05, 0) is 12.1 Å². The molecule has 1 rings (SSSR count). The van der Waals surface area contributed by atoms with Gasteiger partial charge in [0.2, 0.25) is 10.0 Å². The van der Waals surface area contributed by atoms with E-state index in [1.54, 1.807) is 0 Å². The number of esters is 2. The van der Waals surface area contributed by atoms with E-state index in [9.17, 15) is 18.0 Å². The van der Waals surface area contributed by atoms with Gasteiger partial charge in [-0.3, -0.25) is 4.79 Å². The number of nitrogens with one attached hydrogen (secondary N) is 1. The second kappa shape index (κ2) is 8.11. The average molecular weight is 435 g/mol. The number of hydrogen-bond acceptors (Lipinski definition) is 6. The molecule has 0 bridgehead atoms. The number of sulfonamides is 1. The van der Waals surface area contributed by atoms with E-state index in [4.69, 9.17) is 23.2 Å². The van der Waals surface area contributed by atoms with Crippen LogP contribution in [-0.2, 0) is 29.1 Å². The number of methoxy groups -OCH3 is 1. The summed E-state index contributed by atoms with van der Waals surface area (Å²) in [6.07, 6.45) is 0. The lowest BCUT2D eigenvalue weighted by atomic mass is 10.4. The van der Waals surface area contributed by atoms with Gasteiger partial charge in [0.25, 0.3) is 0 Å². The molecule has 0 saturated heterocycles. The van der Waals surface area contributed by atoms with Crippen LogP contribution in [0.3, 0.4) is 0 Å². The average Bonchev–Trinajstić information content (AvgIpc) is 2.41. The number of carbonyl (C=O) groups is 2. The van der Waals surface area contributed by atoms with Crippen LogP contribution in [0.2, 0.25) is 10.0 Å². The second-order valence-electron chi connectivity index (χ2n) is 3.76. The summed E-state index contributed by atoms with van der Waals surface area (Å²) in [6, 6.07) is 2.69. The van der Waals surface area contributed by atoms with E-state index in [-0.39, 0.29) is 14.9 Å². The lowest BCUT2D eigenvalue weighted by Crippen LogP contribution is -2.32. The normalized spacial score (nSPS) is 11.1. The van der Waals surface area contributed by atoms with Crippen LogP contribution in [0.5, 0.6) is 0 Å². The Morgan fingerprint density at radius 3 is 2.27 bits per heavy atom. The molecule has 1 aromatic carbocycles. The minimum atomic E-state index is -4.13. The number of hydrogen-bond donors (Lipinski definition) is 1. The van der Waals surface area contributed by atoms with Crippen molar-refractivity contribution in [1.29, 1.82) is 0 Å². The number of carbonyl (C=O) groups excluding carboxylic acids is 2. The van der Waals surface area contributed by atoms with E-state index in [0.717, 1.165) is 7.11 Å². The molecule has 1 N–H and O–H groups in total. The van der Waals surface area contributed by atoms with Gasteiger partial charge in [-0.2, -0.15) is 4.72 Å². The Labute approximate surface area is 145 Å². The maximum absolute atomic E-state index is 12.1. The zero-order valence-corrected chi connectivity index (χ0v) is 15.0. The van der Waals surface area contributed by atoms with Crippen molar-refractivity contribution in [2.24, 2.45) is 0 Å². The van der Waals surface area contributed by atoms with Gasteiger partial charge in [0.1, 0.15) is 11.4 Å². The molecule has 0 amide bonds. The first-order valence-corrected chi connectivity index (χ1v) is 8.57. The van der Waals surface area contributed by atoms with E-state index in [2.05, 4.69) is 25.4 Å². The lowest BCUT2D eigenvalue weighted by Gasteiger charge is -2.10. The summed E-state index contributed by atoms with van der Waals surface area (Å²) in [4.78, 5) is 21.8. The highest BCUT2D eigenvalue weighted by Gasteiger charge is 2.23. The molecule has 0 spiro atoms. The molecule has 11 heteroatoms. The molecule has 0 fully saturated rings. The Bertz CT molecular complexity index is 671. The molecular weight excluding hydrogens is 425 g/mol. The van der Waals surface area contributed by atoms with Crippen LogP contribution in [0, 0.1) is 0 Å². The van der Waals surface area contributed by atoms with E-state index in [1.807, 2.05) is 4.72 Å². The van der Waals surface area contributed by atoms with Gasteiger partial charge in [0.15, 0.2) is 6.61 Å². The van der Waals surface area contributed by atoms with Gasteiger partial charge in [-0.1, -0.05) is 39.1 Å². The number of rotatable bonds is 6. The van der Waals surface area contributed by atoms with Crippen LogP contribution in [-0.4, -0.2) is 40.6 Å². The molecule has 0 unspecified atom stereocenters. The van der Waals surface area contributed by atoms with Crippen LogP contribution in [0.1, 0.15) is 0 Å². The molecule has 0 saturated carbocycles. The van der Waals surface area contributed by atoms with Crippen molar-refractivity contribution in [3.05, 3.63) is 26.7 Å². The third-order valence-electron chi connectivity index (χ3n) is 2.22. The third kappa shape index (κ3) is 5.40. The highest BCUT2D eigenvalue weighted by molar-refractivity contribution is 9.10. The quantitative estimate of drug-likeness (QED) is 0.684. The Balaban J connectivity index is 2.77. The summed E-state index contributed by atoms with van der Waals surface area (Å²) >= 11 is 14.8. The summed E-state index contributed by atoms with van der Waals surface area (Å²) in [6.45, 7) is -1.31. The van der Waals surface area contributed by atoms with Gasteiger partial charge in [0, 0.05) is 4.47 Å². The molecule has 0 atom stereocenters. The molecule has 0 aliphatic heterocycles. The second-order valence-corrected chi connectivity index (χ2v) is 7.19. The van der Waals surface area contributed by atoms with E-state index < -0.39 is 35.1 Å². The fraction of sp³-hybridized carbons (Fsp3) is 0.273. The molecular formula is C11H10BrCl2NO6S. The smallest absolute Gasteiger partial charge is 0.344 e. The first-order chi connectivity index (χ1) is 10.2. The Morgan fingerprint density at radius 2 is 1.77 bits per heavy atom. The number of halogens is 3. The molecule has 0 aliphatic rings.